The summed E-state index contributed by atoms with van der Waals surface area (Å²) in [4.78, 5) is 2.48. The van der Waals surface area contributed by atoms with Gasteiger partial charge in [0.25, 0.3) is 0 Å². The Hall–Kier alpha value is -6.90. The highest BCUT2D eigenvalue weighted by Crippen LogP contribution is 2.63. The number of anilines is 3. The molecule has 1 spiro atoms. The van der Waals surface area contributed by atoms with Gasteiger partial charge >= 0.3 is 0 Å². The van der Waals surface area contributed by atoms with Crippen molar-refractivity contribution in [1.82, 2.24) is 0 Å². The molecule has 9 aromatic carbocycles. The number of aryl methyl sites for hydroxylation is 1. The van der Waals surface area contributed by atoms with Crippen LogP contribution in [0.2, 0.25) is 0 Å². The van der Waals surface area contributed by atoms with Crippen LogP contribution in [-0.2, 0) is 11.8 Å². The second-order valence-electron chi connectivity index (χ2n) is 15.0. The number of furan rings is 1. The molecule has 0 aliphatic heterocycles. The minimum Gasteiger partial charge on any atom is -0.456 e. The smallest absolute Gasteiger partial charge is 0.137 e. The first kappa shape index (κ1) is 30.6. The molecular weight excluding hydrogens is 667 g/mol. The van der Waals surface area contributed by atoms with Crippen LogP contribution in [0, 0.1) is 0 Å². The van der Waals surface area contributed by atoms with Gasteiger partial charge in [-0.2, -0.15) is 0 Å². The Bertz CT molecular complexity index is 3220. The molecule has 0 saturated heterocycles. The lowest BCUT2D eigenvalue weighted by Crippen LogP contribution is -2.33. The van der Waals surface area contributed by atoms with E-state index in [0.717, 1.165) is 45.4 Å². The van der Waals surface area contributed by atoms with Crippen molar-refractivity contribution < 1.29 is 4.42 Å². The molecule has 1 heterocycles. The molecule has 2 nitrogen and oxygen atoms in total. The third-order valence-electron chi connectivity index (χ3n) is 12.4. The molecule has 2 heteroatoms. The van der Waals surface area contributed by atoms with E-state index >= 15 is 0 Å². The first-order chi connectivity index (χ1) is 27.3. The molecule has 0 radical (unpaired) electrons. The lowest BCUT2D eigenvalue weighted by molar-refractivity contribution is 0.669. The summed E-state index contributed by atoms with van der Waals surface area (Å²) in [6.45, 7) is 2.31. The van der Waals surface area contributed by atoms with Gasteiger partial charge in [0.05, 0.1) is 22.2 Å². The van der Waals surface area contributed by atoms with Crippen LogP contribution in [0.5, 0.6) is 0 Å². The van der Waals surface area contributed by atoms with Crippen LogP contribution >= 0.6 is 0 Å². The largest absolute Gasteiger partial charge is 0.456 e. The van der Waals surface area contributed by atoms with Crippen molar-refractivity contribution in [3.05, 3.63) is 210 Å². The SMILES string of the molecule is CCc1ccc2cccc3c2c1C1(c2ccccc2-c2ccc(N(c4cccc5ccccc45)c4cccc5oc6ccccc6c45)cc21)c1ccccc1-3. The first-order valence-electron chi connectivity index (χ1n) is 19.3. The Morgan fingerprint density at radius 3 is 1.93 bits per heavy atom. The molecule has 258 valence electrons. The number of nitrogens with zero attached hydrogens (tertiary/aromatic N) is 1. The van der Waals surface area contributed by atoms with E-state index in [-0.39, 0.29) is 0 Å². The van der Waals surface area contributed by atoms with E-state index in [9.17, 15) is 0 Å². The molecular formula is C53H35NO. The molecule has 1 atom stereocenters. The van der Waals surface area contributed by atoms with Crippen molar-refractivity contribution in [3.8, 4) is 22.3 Å². The summed E-state index contributed by atoms with van der Waals surface area (Å²) in [5.41, 5.74) is 16.6. The quantitative estimate of drug-likeness (QED) is 0.182. The van der Waals surface area contributed by atoms with Crippen LogP contribution in [0.3, 0.4) is 0 Å². The third kappa shape index (κ3) is 3.98. The summed E-state index contributed by atoms with van der Waals surface area (Å²) in [6, 6.07) is 67.4. The Balaban J connectivity index is 1.24. The van der Waals surface area contributed by atoms with Crippen molar-refractivity contribution in [1.29, 1.82) is 0 Å². The molecule has 0 amide bonds. The van der Waals surface area contributed by atoms with Gasteiger partial charge in [-0.15, -0.1) is 0 Å². The van der Waals surface area contributed by atoms with Gasteiger partial charge < -0.3 is 9.32 Å². The lowest BCUT2D eigenvalue weighted by atomic mass is 9.60. The summed E-state index contributed by atoms with van der Waals surface area (Å²) in [5, 5.41) is 7.28. The number of rotatable bonds is 4. The first-order valence-corrected chi connectivity index (χ1v) is 19.3. The molecule has 1 unspecified atom stereocenters. The maximum absolute atomic E-state index is 6.51. The fourth-order valence-electron chi connectivity index (χ4n) is 10.3. The Kier molecular flexibility index (Phi) is 6.28. The number of hydrogen-bond acceptors (Lipinski definition) is 2. The highest BCUT2D eigenvalue weighted by Gasteiger charge is 2.51. The highest BCUT2D eigenvalue weighted by molar-refractivity contribution is 6.15. The monoisotopic (exact) mass is 701 g/mol. The number of hydrogen-bond donors (Lipinski definition) is 0. The lowest BCUT2D eigenvalue weighted by Gasteiger charge is -2.41. The van der Waals surface area contributed by atoms with Crippen molar-refractivity contribution in [3.63, 3.8) is 0 Å². The van der Waals surface area contributed by atoms with Gasteiger partial charge in [0.1, 0.15) is 11.2 Å². The van der Waals surface area contributed by atoms with E-state index < -0.39 is 5.41 Å². The van der Waals surface area contributed by atoms with E-state index in [1.54, 1.807) is 0 Å². The van der Waals surface area contributed by atoms with Crippen LogP contribution in [0.4, 0.5) is 17.1 Å². The molecule has 55 heavy (non-hydrogen) atoms. The molecule has 0 N–H and O–H groups in total. The predicted molar refractivity (Wildman–Crippen MR) is 229 cm³/mol. The number of benzene rings is 9. The molecule has 0 saturated carbocycles. The number of fused-ring (bicyclic) bond motifs is 13. The normalized spacial score (nSPS) is 15.1. The third-order valence-corrected chi connectivity index (χ3v) is 12.4. The van der Waals surface area contributed by atoms with Gasteiger partial charge in [0, 0.05) is 16.5 Å². The highest BCUT2D eigenvalue weighted by atomic mass is 16.3. The van der Waals surface area contributed by atoms with E-state index in [2.05, 4.69) is 194 Å². The van der Waals surface area contributed by atoms with E-state index in [0.29, 0.717) is 0 Å². The van der Waals surface area contributed by atoms with Crippen molar-refractivity contribution in [2.24, 2.45) is 0 Å². The van der Waals surface area contributed by atoms with Crippen LogP contribution in [0.25, 0.3) is 65.7 Å². The molecule has 10 aromatic rings. The average Bonchev–Trinajstić information content (AvgIpc) is 3.77. The molecule has 1 aromatic heterocycles. The summed E-state index contributed by atoms with van der Waals surface area (Å²) in [5.74, 6) is 0. The van der Waals surface area contributed by atoms with Crippen molar-refractivity contribution >= 4 is 60.5 Å². The molecule has 12 rings (SSSR count). The second-order valence-corrected chi connectivity index (χ2v) is 15.0. The topological polar surface area (TPSA) is 16.4 Å². The Morgan fingerprint density at radius 1 is 0.455 bits per heavy atom. The van der Waals surface area contributed by atoms with Crippen LogP contribution in [-0.4, -0.2) is 0 Å². The molecule has 0 bridgehead atoms. The zero-order chi connectivity index (χ0) is 36.3. The second kappa shape index (κ2) is 11.3. The van der Waals surface area contributed by atoms with Crippen LogP contribution < -0.4 is 4.90 Å². The van der Waals surface area contributed by atoms with Crippen LogP contribution in [0.1, 0.15) is 34.7 Å². The predicted octanol–water partition coefficient (Wildman–Crippen LogP) is 14.3. The van der Waals surface area contributed by atoms with Crippen molar-refractivity contribution in [2.75, 3.05) is 4.90 Å². The fraction of sp³-hybridized carbons (Fsp3) is 0.0566. The van der Waals surface area contributed by atoms with Gasteiger partial charge in [-0.25, -0.2) is 0 Å². The molecule has 2 aliphatic carbocycles. The van der Waals surface area contributed by atoms with E-state index in [1.165, 1.54) is 71.6 Å². The maximum Gasteiger partial charge on any atom is 0.137 e. The maximum atomic E-state index is 6.51. The van der Waals surface area contributed by atoms with Crippen molar-refractivity contribution in [2.45, 2.75) is 18.8 Å². The Morgan fingerprint density at radius 2 is 1.07 bits per heavy atom. The minimum absolute atomic E-state index is 0.517. The minimum atomic E-state index is -0.517. The van der Waals surface area contributed by atoms with Gasteiger partial charge in [0.2, 0.25) is 0 Å². The molecule has 2 aliphatic rings. The summed E-state index contributed by atoms with van der Waals surface area (Å²) >= 11 is 0. The van der Waals surface area contributed by atoms with E-state index in [4.69, 9.17) is 4.42 Å². The fourth-order valence-corrected chi connectivity index (χ4v) is 10.3. The average molecular weight is 702 g/mol. The summed E-state index contributed by atoms with van der Waals surface area (Å²) < 4.78 is 6.51. The van der Waals surface area contributed by atoms with Gasteiger partial charge in [-0.05, 0) is 109 Å². The Labute approximate surface area is 319 Å². The number of para-hydroxylation sites is 1. The summed E-state index contributed by atoms with van der Waals surface area (Å²) in [6.07, 6.45) is 0.943. The van der Waals surface area contributed by atoms with Crippen LogP contribution in [0.15, 0.2) is 186 Å². The zero-order valence-corrected chi connectivity index (χ0v) is 30.4. The van der Waals surface area contributed by atoms with Gasteiger partial charge in [-0.3, -0.25) is 0 Å². The van der Waals surface area contributed by atoms with Gasteiger partial charge in [0.15, 0.2) is 0 Å². The standard InChI is InChI=1S/C53H35NO/c1-2-33-28-29-35-16-11-21-41-39-19-6-9-23-44(39)53(52(33)50(35)41)43-22-8-5-18-38(43)40-31-30-36(32-45(40)53)54(46-24-12-15-34-14-3-4-17-37(34)46)47-25-13-27-49-51(47)42-20-7-10-26-48(42)55-49/h3-32H,2H2,1H3. The zero-order valence-electron chi connectivity index (χ0n) is 30.4. The molecule has 0 fully saturated rings. The van der Waals surface area contributed by atoms with Gasteiger partial charge in [-0.1, -0.05) is 153 Å². The summed E-state index contributed by atoms with van der Waals surface area (Å²) in [7, 11) is 0. The van der Waals surface area contributed by atoms with E-state index in [1.807, 2.05) is 0 Å².